The highest BCUT2D eigenvalue weighted by Gasteiger charge is 2.13. The summed E-state index contributed by atoms with van der Waals surface area (Å²) in [7, 11) is 0. The Balaban J connectivity index is 2.42. The molecule has 1 aromatic carbocycles. The lowest BCUT2D eigenvalue weighted by Gasteiger charge is -2.09. The molecule has 1 amide bonds. The fraction of sp³-hybridized carbons (Fsp3) is 0.273. The lowest BCUT2D eigenvalue weighted by atomic mass is 10.3. The zero-order valence-corrected chi connectivity index (χ0v) is 9.90. The molecule has 0 aliphatic heterocycles. The lowest BCUT2D eigenvalue weighted by molar-refractivity contribution is -0.150. The molecule has 17 heavy (non-hydrogen) atoms. The summed E-state index contributed by atoms with van der Waals surface area (Å²) in [5.74, 6) is -1.54. The molecule has 0 heterocycles. The molecule has 0 spiro atoms. The van der Waals surface area contributed by atoms with Crippen LogP contribution >= 0.6 is 11.6 Å². The number of carboxylic acids is 1. The minimum Gasteiger partial charge on any atom is -0.479 e. The normalized spacial score (nSPS) is 11.9. The van der Waals surface area contributed by atoms with E-state index in [4.69, 9.17) is 21.4 Å². The minimum atomic E-state index is -1.11. The molecule has 0 aliphatic carbocycles. The third-order valence-corrected chi connectivity index (χ3v) is 2.16. The van der Waals surface area contributed by atoms with Crippen LogP contribution in [0.15, 0.2) is 24.3 Å². The van der Waals surface area contributed by atoms with Crippen LogP contribution < -0.4 is 5.32 Å². The molecule has 0 aromatic heterocycles. The third kappa shape index (κ3) is 4.84. The molecule has 0 fully saturated rings. The van der Waals surface area contributed by atoms with Gasteiger partial charge in [0.1, 0.15) is 6.61 Å². The first-order valence-electron chi connectivity index (χ1n) is 4.89. The Hall–Kier alpha value is -1.59. The van der Waals surface area contributed by atoms with Crippen LogP contribution in [0.3, 0.4) is 0 Å². The van der Waals surface area contributed by atoms with Crippen molar-refractivity contribution >= 4 is 29.2 Å². The summed E-state index contributed by atoms with van der Waals surface area (Å²) < 4.78 is 4.82. The SMILES string of the molecule is C[C@H](OCC(=O)Nc1cccc(Cl)c1)C(=O)O. The maximum absolute atomic E-state index is 11.4. The second kappa shape index (κ2) is 6.22. The first-order chi connectivity index (χ1) is 7.99. The van der Waals surface area contributed by atoms with Crippen molar-refractivity contribution in [2.75, 3.05) is 11.9 Å². The van der Waals surface area contributed by atoms with Gasteiger partial charge in [-0.1, -0.05) is 17.7 Å². The third-order valence-electron chi connectivity index (χ3n) is 1.92. The molecule has 1 aromatic rings. The second-order valence-corrected chi connectivity index (χ2v) is 3.79. The van der Waals surface area contributed by atoms with Gasteiger partial charge in [-0.3, -0.25) is 4.79 Å². The summed E-state index contributed by atoms with van der Waals surface area (Å²) in [5.41, 5.74) is 0.536. The van der Waals surface area contributed by atoms with Gasteiger partial charge in [-0.05, 0) is 25.1 Å². The highest BCUT2D eigenvalue weighted by molar-refractivity contribution is 6.30. The van der Waals surface area contributed by atoms with Crippen LogP contribution in [0, 0.1) is 0 Å². The summed E-state index contributed by atoms with van der Waals surface area (Å²) in [6.45, 7) is 1.04. The Labute approximate surface area is 103 Å². The molecule has 0 saturated heterocycles. The van der Waals surface area contributed by atoms with Gasteiger partial charge in [0.2, 0.25) is 5.91 Å². The van der Waals surface area contributed by atoms with E-state index in [-0.39, 0.29) is 6.61 Å². The Bertz CT molecular complexity index is 422. The fourth-order valence-corrected chi connectivity index (χ4v) is 1.23. The highest BCUT2D eigenvalue weighted by Crippen LogP contribution is 2.14. The number of amides is 1. The van der Waals surface area contributed by atoms with Gasteiger partial charge in [-0.2, -0.15) is 0 Å². The van der Waals surface area contributed by atoms with Crippen molar-refractivity contribution in [2.24, 2.45) is 0 Å². The van der Waals surface area contributed by atoms with Crippen molar-refractivity contribution in [3.63, 3.8) is 0 Å². The molecule has 0 unspecified atom stereocenters. The van der Waals surface area contributed by atoms with Gasteiger partial charge in [0.25, 0.3) is 0 Å². The van der Waals surface area contributed by atoms with Crippen molar-refractivity contribution in [1.82, 2.24) is 0 Å². The van der Waals surface area contributed by atoms with Crippen LogP contribution in [0.1, 0.15) is 6.92 Å². The Morgan fingerprint density at radius 1 is 1.53 bits per heavy atom. The number of carbonyl (C=O) groups is 2. The van der Waals surface area contributed by atoms with Crippen LogP contribution in [-0.4, -0.2) is 29.7 Å². The largest absolute Gasteiger partial charge is 0.479 e. The molecule has 0 saturated carbocycles. The Morgan fingerprint density at radius 2 is 2.24 bits per heavy atom. The van der Waals surface area contributed by atoms with E-state index in [0.29, 0.717) is 10.7 Å². The van der Waals surface area contributed by atoms with E-state index in [1.165, 1.54) is 6.92 Å². The molecule has 0 aliphatic rings. The zero-order valence-electron chi connectivity index (χ0n) is 9.14. The summed E-state index contributed by atoms with van der Waals surface area (Å²) >= 11 is 5.74. The minimum absolute atomic E-state index is 0.319. The summed E-state index contributed by atoms with van der Waals surface area (Å²) in [6.07, 6.45) is -1.01. The Kier molecular flexibility index (Phi) is 4.93. The van der Waals surface area contributed by atoms with E-state index >= 15 is 0 Å². The lowest BCUT2D eigenvalue weighted by Crippen LogP contribution is -2.26. The van der Waals surface area contributed by atoms with Crippen molar-refractivity contribution in [3.05, 3.63) is 29.3 Å². The first-order valence-corrected chi connectivity index (χ1v) is 5.26. The van der Waals surface area contributed by atoms with Gasteiger partial charge in [0.05, 0.1) is 0 Å². The number of carbonyl (C=O) groups excluding carboxylic acids is 1. The molecule has 92 valence electrons. The number of nitrogens with one attached hydrogen (secondary N) is 1. The van der Waals surface area contributed by atoms with E-state index in [1.54, 1.807) is 24.3 Å². The maximum atomic E-state index is 11.4. The summed E-state index contributed by atoms with van der Waals surface area (Å²) in [5, 5.41) is 11.6. The zero-order chi connectivity index (χ0) is 12.8. The number of hydrogen-bond acceptors (Lipinski definition) is 3. The van der Waals surface area contributed by atoms with E-state index < -0.39 is 18.0 Å². The highest BCUT2D eigenvalue weighted by atomic mass is 35.5. The average Bonchev–Trinajstić information content (AvgIpc) is 2.25. The van der Waals surface area contributed by atoms with E-state index in [9.17, 15) is 9.59 Å². The van der Waals surface area contributed by atoms with Gasteiger partial charge in [-0.25, -0.2) is 4.79 Å². The molecule has 0 radical (unpaired) electrons. The predicted octanol–water partition coefficient (Wildman–Crippen LogP) is 1.77. The van der Waals surface area contributed by atoms with Crippen molar-refractivity contribution < 1.29 is 19.4 Å². The standard InChI is InChI=1S/C11H12ClNO4/c1-7(11(15)16)17-6-10(14)13-9-4-2-3-8(12)5-9/h2-5,7H,6H2,1H3,(H,13,14)(H,15,16)/t7-/m0/s1. The van der Waals surface area contributed by atoms with Gasteiger partial charge >= 0.3 is 5.97 Å². The van der Waals surface area contributed by atoms with Crippen LogP contribution in [-0.2, 0) is 14.3 Å². The molecule has 1 atom stereocenters. The number of halogens is 1. The van der Waals surface area contributed by atoms with E-state index in [1.807, 2.05) is 0 Å². The average molecular weight is 258 g/mol. The number of benzene rings is 1. The number of hydrogen-bond donors (Lipinski definition) is 2. The number of rotatable bonds is 5. The van der Waals surface area contributed by atoms with Crippen molar-refractivity contribution in [3.8, 4) is 0 Å². The first kappa shape index (κ1) is 13.5. The van der Waals surface area contributed by atoms with E-state index in [0.717, 1.165) is 0 Å². The Morgan fingerprint density at radius 3 is 2.82 bits per heavy atom. The van der Waals surface area contributed by atoms with Gasteiger partial charge < -0.3 is 15.2 Å². The summed E-state index contributed by atoms with van der Waals surface area (Å²) in [6, 6.07) is 6.63. The fourth-order valence-electron chi connectivity index (χ4n) is 1.04. The van der Waals surface area contributed by atoms with Gasteiger partial charge in [0.15, 0.2) is 6.10 Å². The van der Waals surface area contributed by atoms with Crippen LogP contribution in [0.2, 0.25) is 5.02 Å². The number of carboxylic acid groups (broad SMARTS) is 1. The van der Waals surface area contributed by atoms with Gasteiger partial charge in [0, 0.05) is 10.7 Å². The molecule has 1 rings (SSSR count). The second-order valence-electron chi connectivity index (χ2n) is 3.35. The summed E-state index contributed by atoms with van der Waals surface area (Å²) in [4.78, 5) is 21.8. The number of ether oxygens (including phenoxy) is 1. The van der Waals surface area contributed by atoms with Crippen LogP contribution in [0.4, 0.5) is 5.69 Å². The van der Waals surface area contributed by atoms with Gasteiger partial charge in [-0.15, -0.1) is 0 Å². The molecular weight excluding hydrogens is 246 g/mol. The van der Waals surface area contributed by atoms with Crippen LogP contribution in [0.5, 0.6) is 0 Å². The molecule has 5 nitrogen and oxygen atoms in total. The van der Waals surface area contributed by atoms with Crippen molar-refractivity contribution in [2.45, 2.75) is 13.0 Å². The topological polar surface area (TPSA) is 75.6 Å². The van der Waals surface area contributed by atoms with Crippen molar-refractivity contribution in [1.29, 1.82) is 0 Å². The molecule has 6 heteroatoms. The predicted molar refractivity (Wildman–Crippen MR) is 63.1 cm³/mol. The monoisotopic (exact) mass is 257 g/mol. The van der Waals surface area contributed by atoms with E-state index in [2.05, 4.69) is 5.32 Å². The van der Waals surface area contributed by atoms with Crippen LogP contribution in [0.25, 0.3) is 0 Å². The smallest absolute Gasteiger partial charge is 0.332 e. The molecule has 0 bridgehead atoms. The molecular formula is C11H12ClNO4. The maximum Gasteiger partial charge on any atom is 0.332 e. The molecule has 2 N–H and O–H groups in total. The quantitative estimate of drug-likeness (QED) is 0.843. The number of aliphatic carboxylic acids is 1. The number of anilines is 1.